The van der Waals surface area contributed by atoms with Gasteiger partial charge in [0.1, 0.15) is 17.2 Å². The zero-order valence-electron chi connectivity index (χ0n) is 32.4. The summed E-state index contributed by atoms with van der Waals surface area (Å²) in [5.74, 6) is 1.84. The molecule has 6 aromatic rings. The Bertz CT molecular complexity index is 2110. The Morgan fingerprint density at radius 2 is 1.14 bits per heavy atom. The maximum Gasteiger partial charge on any atom is 2.00 e. The van der Waals surface area contributed by atoms with Crippen LogP contribution < -0.4 is 17.0 Å². The first-order chi connectivity index (χ1) is 25.9. The first-order valence-electron chi connectivity index (χ1n) is 17.4. The fourth-order valence-electron chi connectivity index (χ4n) is 5.39. The van der Waals surface area contributed by atoms with Crippen molar-refractivity contribution in [2.75, 3.05) is 13.2 Å². The normalized spacial score (nSPS) is 11.4. The Morgan fingerprint density at radius 3 is 1.51 bits per heavy atom. The molecule has 298 valence electrons. The van der Waals surface area contributed by atoms with Crippen molar-refractivity contribution in [3.8, 4) is 11.4 Å². The van der Waals surface area contributed by atoms with E-state index in [0.29, 0.717) is 17.1 Å². The van der Waals surface area contributed by atoms with E-state index >= 15 is 0 Å². The molecule has 14 heteroatoms. The van der Waals surface area contributed by atoms with Gasteiger partial charge in [0.05, 0.1) is 11.4 Å². The van der Waals surface area contributed by atoms with Crippen molar-refractivity contribution >= 4 is 84.3 Å². The molecule has 0 aliphatic carbocycles. The average Bonchev–Trinajstić information content (AvgIpc) is 3.95. The molecule has 3 heterocycles. The minimum absolute atomic E-state index is 0. The largest absolute Gasteiger partial charge is 2.00 e. The van der Waals surface area contributed by atoms with Crippen LogP contribution in [-0.4, -0.2) is 66.6 Å². The van der Waals surface area contributed by atoms with Crippen molar-refractivity contribution in [2.45, 2.75) is 58.5 Å². The van der Waals surface area contributed by atoms with Gasteiger partial charge in [-0.25, -0.2) is 9.97 Å². The van der Waals surface area contributed by atoms with E-state index in [2.05, 4.69) is 72.7 Å². The number of aliphatic hydroxyl groups is 1. The molecule has 1 saturated heterocycles. The molecule has 57 heavy (non-hydrogen) atoms. The van der Waals surface area contributed by atoms with Crippen molar-refractivity contribution in [2.24, 2.45) is 0 Å². The van der Waals surface area contributed by atoms with Gasteiger partial charge in [-0.15, -0.1) is 0 Å². The van der Waals surface area contributed by atoms with Crippen LogP contribution in [0.25, 0.3) is 11.4 Å². The average molecular weight is 1020 g/mol. The number of halogens is 5. The topological polar surface area (TPSA) is 99.2 Å². The second kappa shape index (κ2) is 26.5. The Morgan fingerprint density at radius 1 is 0.737 bits per heavy atom. The van der Waals surface area contributed by atoms with Crippen LogP contribution in [0.2, 0.25) is 10.0 Å². The van der Waals surface area contributed by atoms with Crippen molar-refractivity contribution in [1.82, 2.24) is 19.1 Å². The SMILES string of the molecule is C1CCOC1.CC(C)(O)c1cn(-c2ccc(Br)cc2)c(Cc2ccccc2Cl)n1.CCc1cn(-c2ccc(Br)cc2)c(Cc2ccccc2Cl)n1.O=C=O.[Br-].[CH3-].[Mg+2]. The first kappa shape index (κ1) is 52.4. The van der Waals surface area contributed by atoms with E-state index in [1.165, 1.54) is 12.8 Å². The Balaban J connectivity index is 0.000000458. The third-order valence-electron chi connectivity index (χ3n) is 8.25. The molecule has 0 unspecified atom stereocenters. The van der Waals surface area contributed by atoms with E-state index in [0.717, 1.165) is 79.9 Å². The predicted octanol–water partition coefficient (Wildman–Crippen LogP) is 7.83. The fourth-order valence-corrected chi connectivity index (χ4v) is 6.32. The summed E-state index contributed by atoms with van der Waals surface area (Å²) in [5.41, 5.74) is 4.91. The summed E-state index contributed by atoms with van der Waals surface area (Å²) in [7, 11) is 0. The molecule has 2 aromatic heterocycles. The van der Waals surface area contributed by atoms with Crippen LogP contribution in [0.4, 0.5) is 0 Å². The predicted molar refractivity (Wildman–Crippen MR) is 233 cm³/mol. The van der Waals surface area contributed by atoms with E-state index < -0.39 is 5.60 Å². The van der Waals surface area contributed by atoms with Crippen molar-refractivity contribution in [3.05, 3.63) is 170 Å². The van der Waals surface area contributed by atoms with E-state index in [-0.39, 0.29) is 53.6 Å². The van der Waals surface area contributed by atoms with Gasteiger partial charge in [-0.3, -0.25) is 0 Å². The Kier molecular flexibility index (Phi) is 24.3. The van der Waals surface area contributed by atoms with E-state index in [9.17, 15) is 5.11 Å². The minimum atomic E-state index is -1.00. The second-order valence-corrected chi connectivity index (χ2v) is 15.4. The van der Waals surface area contributed by atoms with Gasteiger partial charge in [-0.2, -0.15) is 9.59 Å². The van der Waals surface area contributed by atoms with Gasteiger partial charge in [0.25, 0.3) is 0 Å². The second-order valence-electron chi connectivity index (χ2n) is 12.7. The van der Waals surface area contributed by atoms with Crippen LogP contribution in [0.15, 0.2) is 118 Å². The molecule has 1 aliphatic rings. The molecular formula is C43H45Br3Cl2MgN4O4. The number of benzene rings is 4. The standard InChI is InChI=1S/C19H18BrClN2O.C18H16BrClN2.C4H8O.CO2.CH3.BrH.Mg/c1-19(2,24)17-12-23(15-9-7-14(20)8-10-15)18(22-17)11-13-5-3-4-6-16(13)21;1-2-15-12-22(16-9-7-14(19)8-10-16)18(21-15)11-13-5-3-4-6-17(13)20;1-2-4-5-3-1;2-1-3;;;/h3-10,12,24H,11H2,1-2H3;3-10,12H,2,11H2,1H3;1-4H2;;1H3;1H;/q;;;;-1;;+2/p-1. The van der Waals surface area contributed by atoms with Gasteiger partial charge >= 0.3 is 29.2 Å². The number of rotatable bonds is 8. The molecule has 8 nitrogen and oxygen atoms in total. The summed E-state index contributed by atoms with van der Waals surface area (Å²) >= 11 is 19.5. The summed E-state index contributed by atoms with van der Waals surface area (Å²) < 4.78 is 11.2. The van der Waals surface area contributed by atoms with Gasteiger partial charge < -0.3 is 43.4 Å². The Hall–Kier alpha value is -2.61. The van der Waals surface area contributed by atoms with Crippen LogP contribution in [0.1, 0.15) is 67.8 Å². The van der Waals surface area contributed by atoms with Crippen molar-refractivity contribution in [1.29, 1.82) is 0 Å². The van der Waals surface area contributed by atoms with E-state index in [1.54, 1.807) is 13.8 Å². The van der Waals surface area contributed by atoms with Crippen LogP contribution in [0, 0.1) is 7.43 Å². The molecule has 0 saturated carbocycles. The number of carbonyl (C=O) groups excluding carboxylic acids is 2. The van der Waals surface area contributed by atoms with Crippen LogP contribution >= 0.6 is 55.1 Å². The monoisotopic (exact) mass is 1010 g/mol. The summed E-state index contributed by atoms with van der Waals surface area (Å²) in [6, 6.07) is 31.9. The number of hydrogen-bond acceptors (Lipinski definition) is 6. The molecule has 1 fully saturated rings. The smallest absolute Gasteiger partial charge is 1.00 e. The Labute approximate surface area is 389 Å². The zero-order chi connectivity index (χ0) is 39.1. The molecule has 7 rings (SSSR count). The molecule has 4 aromatic carbocycles. The third-order valence-corrected chi connectivity index (χ3v) is 10.0. The fraction of sp³-hybridized carbons (Fsp3) is 0.256. The first-order valence-corrected chi connectivity index (χ1v) is 19.7. The van der Waals surface area contributed by atoms with Gasteiger partial charge in [0.15, 0.2) is 0 Å². The number of hydrogen-bond donors (Lipinski definition) is 1. The van der Waals surface area contributed by atoms with Crippen molar-refractivity contribution < 1.29 is 36.4 Å². The summed E-state index contributed by atoms with van der Waals surface area (Å²) in [4.78, 5) is 25.7. The minimum Gasteiger partial charge on any atom is -1.00 e. The van der Waals surface area contributed by atoms with Gasteiger partial charge in [0.2, 0.25) is 0 Å². The quantitative estimate of drug-likeness (QED) is 0.123. The number of aryl methyl sites for hydroxylation is 1. The number of aromatic nitrogens is 4. The van der Waals surface area contributed by atoms with E-state index in [1.807, 2.05) is 89.6 Å². The molecule has 0 atom stereocenters. The molecular weight excluding hydrogens is 971 g/mol. The van der Waals surface area contributed by atoms with Crippen LogP contribution in [-0.2, 0) is 39.2 Å². The molecule has 1 aliphatic heterocycles. The maximum atomic E-state index is 10.3. The summed E-state index contributed by atoms with van der Waals surface area (Å²) in [6.07, 6.45) is 9.02. The van der Waals surface area contributed by atoms with E-state index in [4.69, 9.17) is 42.5 Å². The zero-order valence-corrected chi connectivity index (χ0v) is 40.1. The maximum absolute atomic E-state index is 10.3. The van der Waals surface area contributed by atoms with Gasteiger partial charge in [-0.1, -0.05) is 98.4 Å². The van der Waals surface area contributed by atoms with Gasteiger partial charge in [-0.05, 0) is 105 Å². The van der Waals surface area contributed by atoms with Crippen LogP contribution in [0.3, 0.4) is 0 Å². The van der Waals surface area contributed by atoms with Gasteiger partial charge in [0, 0.05) is 68.8 Å². The number of imidazole rings is 2. The number of ether oxygens (including phenoxy) is 1. The molecule has 0 spiro atoms. The molecule has 0 bridgehead atoms. The number of nitrogens with zero attached hydrogens (tertiary/aromatic N) is 4. The molecule has 0 radical (unpaired) electrons. The molecule has 0 amide bonds. The summed E-state index contributed by atoms with van der Waals surface area (Å²) in [5, 5.41) is 11.8. The van der Waals surface area contributed by atoms with Crippen LogP contribution in [0.5, 0.6) is 0 Å². The summed E-state index contributed by atoms with van der Waals surface area (Å²) in [6.45, 7) is 7.59. The molecule has 1 N–H and O–H groups in total. The van der Waals surface area contributed by atoms with Crippen molar-refractivity contribution in [3.63, 3.8) is 0 Å². The third kappa shape index (κ3) is 16.5.